The van der Waals surface area contributed by atoms with E-state index in [-0.39, 0.29) is 5.91 Å². The van der Waals surface area contributed by atoms with Crippen molar-refractivity contribution in [3.8, 4) is 0 Å². The highest BCUT2D eigenvalue weighted by Crippen LogP contribution is 2.28. The number of likely N-dealkylation sites (tertiary alicyclic amines) is 1. The van der Waals surface area contributed by atoms with Gasteiger partial charge in [-0.3, -0.25) is 14.4 Å². The van der Waals surface area contributed by atoms with Gasteiger partial charge >= 0.3 is 0 Å². The van der Waals surface area contributed by atoms with Gasteiger partial charge in [0, 0.05) is 25.2 Å². The molecule has 7 nitrogen and oxygen atoms in total. The van der Waals surface area contributed by atoms with Gasteiger partial charge in [0.2, 0.25) is 0 Å². The molecule has 0 aliphatic carbocycles. The van der Waals surface area contributed by atoms with Gasteiger partial charge in [-0.15, -0.1) is 0 Å². The minimum atomic E-state index is -0.0769. The first-order valence-corrected chi connectivity index (χ1v) is 8.60. The highest BCUT2D eigenvalue weighted by Gasteiger charge is 2.32. The van der Waals surface area contributed by atoms with Crippen molar-refractivity contribution in [1.29, 1.82) is 0 Å². The van der Waals surface area contributed by atoms with Crippen molar-refractivity contribution in [2.45, 2.75) is 45.8 Å². The summed E-state index contributed by atoms with van der Waals surface area (Å²) < 4.78 is 6.96. The fraction of sp³-hybridized carbons (Fsp3) is 0.588. The molecule has 7 heteroatoms. The van der Waals surface area contributed by atoms with Gasteiger partial charge in [0.1, 0.15) is 5.76 Å². The quantitative estimate of drug-likeness (QED) is 0.860. The Morgan fingerprint density at radius 3 is 2.75 bits per heavy atom. The molecule has 2 aliphatic rings. The number of aryl methyl sites for hydroxylation is 2. The van der Waals surface area contributed by atoms with Crippen molar-refractivity contribution in [2.75, 3.05) is 13.1 Å². The standard InChI is InChI=1S/C17H23N5O2/c1-12-8-14(19-24-12)17(23)22-9-13-15(18-20(2)16(13)11-22)10-21-6-4-3-5-7-21/h8H,3-7,9-11H2,1-2H3. The van der Waals surface area contributed by atoms with E-state index < -0.39 is 0 Å². The number of aromatic nitrogens is 3. The summed E-state index contributed by atoms with van der Waals surface area (Å²) in [4.78, 5) is 16.9. The van der Waals surface area contributed by atoms with Crippen LogP contribution in [0.5, 0.6) is 0 Å². The Kier molecular flexibility index (Phi) is 3.88. The molecule has 1 amide bonds. The molecule has 0 unspecified atom stereocenters. The van der Waals surface area contributed by atoms with Crippen LogP contribution in [0.3, 0.4) is 0 Å². The van der Waals surface area contributed by atoms with Gasteiger partial charge in [-0.25, -0.2) is 0 Å². The first-order chi connectivity index (χ1) is 11.6. The van der Waals surface area contributed by atoms with Crippen LogP contribution in [0.2, 0.25) is 0 Å². The van der Waals surface area contributed by atoms with Gasteiger partial charge in [-0.1, -0.05) is 11.6 Å². The lowest BCUT2D eigenvalue weighted by molar-refractivity contribution is 0.0737. The molecule has 0 aromatic carbocycles. The largest absolute Gasteiger partial charge is 0.361 e. The van der Waals surface area contributed by atoms with Crippen LogP contribution in [0, 0.1) is 6.92 Å². The molecular weight excluding hydrogens is 306 g/mol. The first-order valence-electron chi connectivity index (χ1n) is 8.60. The zero-order valence-corrected chi connectivity index (χ0v) is 14.3. The third-order valence-electron chi connectivity index (χ3n) is 5.00. The van der Waals surface area contributed by atoms with Crippen molar-refractivity contribution in [3.63, 3.8) is 0 Å². The van der Waals surface area contributed by atoms with Crippen molar-refractivity contribution >= 4 is 5.91 Å². The Hall–Kier alpha value is -2.15. The molecule has 2 aromatic heterocycles. The van der Waals surface area contributed by atoms with Crippen molar-refractivity contribution in [3.05, 3.63) is 34.5 Å². The molecule has 0 N–H and O–H groups in total. The SMILES string of the molecule is Cc1cc(C(=O)N2Cc3c(CN4CCCCC4)nn(C)c3C2)no1. The lowest BCUT2D eigenvalue weighted by atomic mass is 10.1. The highest BCUT2D eigenvalue weighted by molar-refractivity contribution is 5.92. The Morgan fingerprint density at radius 1 is 1.25 bits per heavy atom. The molecule has 0 bridgehead atoms. The number of piperidine rings is 1. The van der Waals surface area contributed by atoms with Gasteiger partial charge in [0.05, 0.1) is 24.5 Å². The molecule has 24 heavy (non-hydrogen) atoms. The molecule has 0 atom stereocenters. The van der Waals surface area contributed by atoms with E-state index in [1.165, 1.54) is 24.8 Å². The van der Waals surface area contributed by atoms with E-state index in [0.717, 1.165) is 31.0 Å². The molecule has 1 fully saturated rings. The molecule has 128 valence electrons. The second kappa shape index (κ2) is 6.05. The van der Waals surface area contributed by atoms with Crippen molar-refractivity contribution in [1.82, 2.24) is 24.7 Å². The predicted molar refractivity (Wildman–Crippen MR) is 87.2 cm³/mol. The molecule has 0 saturated carbocycles. The van der Waals surface area contributed by atoms with Crippen molar-refractivity contribution in [2.24, 2.45) is 7.05 Å². The van der Waals surface area contributed by atoms with Crippen LogP contribution < -0.4 is 0 Å². The number of hydrogen-bond acceptors (Lipinski definition) is 5. The predicted octanol–water partition coefficient (Wildman–Crippen LogP) is 1.86. The van der Waals surface area contributed by atoms with E-state index in [4.69, 9.17) is 9.62 Å². The molecule has 2 aliphatic heterocycles. The molecule has 1 saturated heterocycles. The average Bonchev–Trinajstić information content (AvgIpc) is 3.26. The van der Waals surface area contributed by atoms with E-state index in [9.17, 15) is 4.79 Å². The maximum Gasteiger partial charge on any atom is 0.276 e. The summed E-state index contributed by atoms with van der Waals surface area (Å²) in [6.07, 6.45) is 3.87. The number of carbonyl (C=O) groups excluding carboxylic acids is 1. The van der Waals surface area contributed by atoms with Crippen LogP contribution in [-0.4, -0.2) is 43.7 Å². The minimum absolute atomic E-state index is 0.0769. The zero-order valence-electron chi connectivity index (χ0n) is 14.3. The topological polar surface area (TPSA) is 67.4 Å². The summed E-state index contributed by atoms with van der Waals surface area (Å²) in [6, 6.07) is 1.69. The lowest BCUT2D eigenvalue weighted by Gasteiger charge is -2.25. The number of amides is 1. The smallest absolute Gasteiger partial charge is 0.276 e. The fourth-order valence-corrected chi connectivity index (χ4v) is 3.70. The molecule has 4 rings (SSSR count). The minimum Gasteiger partial charge on any atom is -0.361 e. The number of fused-ring (bicyclic) bond motifs is 1. The normalized spacial score (nSPS) is 18.2. The maximum atomic E-state index is 12.6. The molecule has 2 aromatic rings. The van der Waals surface area contributed by atoms with Gasteiger partial charge in [-0.05, 0) is 32.9 Å². The summed E-state index contributed by atoms with van der Waals surface area (Å²) in [7, 11) is 1.97. The third-order valence-corrected chi connectivity index (χ3v) is 5.00. The Labute approximate surface area is 141 Å². The Morgan fingerprint density at radius 2 is 2.04 bits per heavy atom. The summed E-state index contributed by atoms with van der Waals surface area (Å²) in [5.74, 6) is 0.578. The molecule has 0 spiro atoms. The summed E-state index contributed by atoms with van der Waals surface area (Å²) in [5, 5.41) is 8.55. The second-order valence-corrected chi connectivity index (χ2v) is 6.82. The van der Waals surface area contributed by atoms with E-state index in [1.54, 1.807) is 13.0 Å². The van der Waals surface area contributed by atoms with E-state index in [0.29, 0.717) is 24.5 Å². The zero-order chi connectivity index (χ0) is 16.7. The molecule has 4 heterocycles. The van der Waals surface area contributed by atoms with Crippen LogP contribution in [0.15, 0.2) is 10.6 Å². The number of rotatable bonds is 3. The lowest BCUT2D eigenvalue weighted by Crippen LogP contribution is -2.30. The Bertz CT molecular complexity index is 757. The van der Waals surface area contributed by atoms with Gasteiger partial charge in [0.15, 0.2) is 5.69 Å². The van der Waals surface area contributed by atoms with E-state index in [2.05, 4.69) is 10.1 Å². The van der Waals surface area contributed by atoms with Crippen molar-refractivity contribution < 1.29 is 9.32 Å². The van der Waals surface area contributed by atoms with E-state index >= 15 is 0 Å². The summed E-state index contributed by atoms with van der Waals surface area (Å²) in [6.45, 7) is 6.16. The number of nitrogens with zero attached hydrogens (tertiary/aromatic N) is 5. The maximum absolute atomic E-state index is 12.6. The van der Waals surface area contributed by atoms with Gasteiger partial charge in [-0.2, -0.15) is 5.10 Å². The van der Waals surface area contributed by atoms with Crippen LogP contribution in [0.4, 0.5) is 0 Å². The summed E-state index contributed by atoms with van der Waals surface area (Å²) in [5.41, 5.74) is 3.83. The highest BCUT2D eigenvalue weighted by atomic mass is 16.5. The molecular formula is C17H23N5O2. The molecule has 0 radical (unpaired) electrons. The third kappa shape index (κ3) is 2.73. The summed E-state index contributed by atoms with van der Waals surface area (Å²) >= 11 is 0. The van der Waals surface area contributed by atoms with Crippen LogP contribution in [0.1, 0.15) is 52.5 Å². The van der Waals surface area contributed by atoms with E-state index in [1.807, 2.05) is 16.6 Å². The number of carbonyl (C=O) groups is 1. The second-order valence-electron chi connectivity index (χ2n) is 6.82. The van der Waals surface area contributed by atoms with Crippen LogP contribution in [-0.2, 0) is 26.7 Å². The van der Waals surface area contributed by atoms with Crippen LogP contribution >= 0.6 is 0 Å². The van der Waals surface area contributed by atoms with Crippen LogP contribution in [0.25, 0.3) is 0 Å². The fourth-order valence-electron chi connectivity index (χ4n) is 3.70. The first kappa shape index (κ1) is 15.4. The monoisotopic (exact) mass is 329 g/mol. The van der Waals surface area contributed by atoms with Gasteiger partial charge < -0.3 is 9.42 Å². The van der Waals surface area contributed by atoms with Gasteiger partial charge in [0.25, 0.3) is 5.91 Å². The Balaban J connectivity index is 1.51. The average molecular weight is 329 g/mol. The number of hydrogen-bond donors (Lipinski definition) is 0.